The molecule has 3 aromatic carbocycles. The van der Waals surface area contributed by atoms with Crippen molar-refractivity contribution in [1.29, 1.82) is 0 Å². The second-order valence-corrected chi connectivity index (χ2v) is 8.60. The second kappa shape index (κ2) is 10.9. The first-order valence-electron chi connectivity index (χ1n) is 9.76. The predicted octanol–water partition coefficient (Wildman–Crippen LogP) is 5.73. The maximum atomic E-state index is 12.6. The maximum absolute atomic E-state index is 12.6. The molecule has 0 radical (unpaired) electrons. The van der Waals surface area contributed by atoms with Crippen molar-refractivity contribution in [3.8, 4) is 11.5 Å². The lowest BCUT2D eigenvalue weighted by Gasteiger charge is -2.13. The Kier molecular flexibility index (Phi) is 8.03. The van der Waals surface area contributed by atoms with Crippen molar-refractivity contribution in [2.75, 3.05) is 24.9 Å². The van der Waals surface area contributed by atoms with Gasteiger partial charge in [0, 0.05) is 16.1 Å². The molecule has 2 amide bonds. The molecule has 0 bridgehead atoms. The number of benzene rings is 3. The van der Waals surface area contributed by atoms with Crippen LogP contribution >= 0.6 is 23.4 Å². The van der Waals surface area contributed by atoms with Gasteiger partial charge in [-0.25, -0.2) is 0 Å². The van der Waals surface area contributed by atoms with E-state index in [9.17, 15) is 9.59 Å². The number of carbonyl (C=O) groups excluding carboxylic acids is 2. The second-order valence-electron chi connectivity index (χ2n) is 6.78. The van der Waals surface area contributed by atoms with Crippen LogP contribution in [0.25, 0.3) is 0 Å². The molecular weight excluding hydrogens is 448 g/mol. The fraction of sp³-hybridized carbons (Fsp3) is 0.167. The quantitative estimate of drug-likeness (QED) is 0.411. The van der Waals surface area contributed by atoms with Gasteiger partial charge in [-0.2, -0.15) is 0 Å². The number of hydrogen-bond acceptors (Lipinski definition) is 5. The smallest absolute Gasteiger partial charge is 0.255 e. The molecule has 0 saturated carbocycles. The molecule has 1 unspecified atom stereocenters. The van der Waals surface area contributed by atoms with Gasteiger partial charge < -0.3 is 20.1 Å². The first-order valence-corrected chi connectivity index (χ1v) is 11.0. The molecule has 0 aliphatic carbocycles. The fourth-order valence-electron chi connectivity index (χ4n) is 2.85. The number of ether oxygens (including phenoxy) is 2. The van der Waals surface area contributed by atoms with Gasteiger partial charge in [-0.3, -0.25) is 9.59 Å². The van der Waals surface area contributed by atoms with Crippen molar-refractivity contribution >= 4 is 46.6 Å². The first-order chi connectivity index (χ1) is 15.4. The van der Waals surface area contributed by atoms with E-state index in [2.05, 4.69) is 10.6 Å². The summed E-state index contributed by atoms with van der Waals surface area (Å²) in [5, 5.41) is 5.84. The Morgan fingerprint density at radius 3 is 2.25 bits per heavy atom. The van der Waals surface area contributed by atoms with Gasteiger partial charge in [-0.1, -0.05) is 23.7 Å². The molecule has 1 atom stereocenters. The van der Waals surface area contributed by atoms with E-state index in [0.717, 1.165) is 4.90 Å². The average Bonchev–Trinajstić information content (AvgIpc) is 2.81. The molecule has 3 rings (SSSR count). The molecule has 0 aromatic heterocycles. The maximum Gasteiger partial charge on any atom is 0.255 e. The SMILES string of the molecule is COc1ccc(C(=O)Nc2ccc(SC(C)C(=O)Nc3ccccc3Cl)cc2)cc1OC. The standard InChI is InChI=1S/C24H23ClN2O4S/c1-15(23(28)27-20-7-5-4-6-19(20)25)32-18-11-9-17(10-12-18)26-24(29)16-8-13-21(30-2)22(14-16)31-3/h4-15H,1-3H3,(H,26,29)(H,27,28). The highest BCUT2D eigenvalue weighted by Gasteiger charge is 2.16. The molecular formula is C24H23ClN2O4S. The molecule has 0 heterocycles. The molecule has 3 aromatic rings. The molecule has 0 saturated heterocycles. The lowest BCUT2D eigenvalue weighted by molar-refractivity contribution is -0.115. The third-order valence-corrected chi connectivity index (χ3v) is 6.01. The minimum Gasteiger partial charge on any atom is -0.493 e. The number of amides is 2. The number of hydrogen-bond donors (Lipinski definition) is 2. The summed E-state index contributed by atoms with van der Waals surface area (Å²) in [5.74, 6) is 0.627. The lowest BCUT2D eigenvalue weighted by atomic mass is 10.2. The van der Waals surface area contributed by atoms with Gasteiger partial charge in [0.2, 0.25) is 5.91 Å². The molecule has 2 N–H and O–H groups in total. The van der Waals surface area contributed by atoms with Crippen molar-refractivity contribution < 1.29 is 19.1 Å². The fourth-order valence-corrected chi connectivity index (χ4v) is 3.90. The Labute approximate surface area is 196 Å². The third kappa shape index (κ3) is 5.96. The van der Waals surface area contributed by atoms with E-state index in [0.29, 0.717) is 33.5 Å². The number of nitrogens with one attached hydrogen (secondary N) is 2. The van der Waals surface area contributed by atoms with Crippen LogP contribution in [0.2, 0.25) is 5.02 Å². The minimum absolute atomic E-state index is 0.145. The van der Waals surface area contributed by atoms with E-state index in [1.807, 2.05) is 31.2 Å². The van der Waals surface area contributed by atoms with Gasteiger partial charge in [-0.05, 0) is 61.5 Å². The van der Waals surface area contributed by atoms with Gasteiger partial charge in [0.05, 0.1) is 30.2 Å². The Morgan fingerprint density at radius 1 is 0.906 bits per heavy atom. The lowest BCUT2D eigenvalue weighted by Crippen LogP contribution is -2.22. The molecule has 8 heteroatoms. The zero-order chi connectivity index (χ0) is 23.1. The Morgan fingerprint density at radius 2 is 1.59 bits per heavy atom. The highest BCUT2D eigenvalue weighted by atomic mass is 35.5. The topological polar surface area (TPSA) is 76.7 Å². The largest absolute Gasteiger partial charge is 0.493 e. The van der Waals surface area contributed by atoms with Gasteiger partial charge in [0.25, 0.3) is 5.91 Å². The van der Waals surface area contributed by atoms with Crippen molar-refractivity contribution in [3.63, 3.8) is 0 Å². The minimum atomic E-state index is -0.335. The van der Waals surface area contributed by atoms with E-state index in [-0.39, 0.29) is 17.1 Å². The van der Waals surface area contributed by atoms with Crippen LogP contribution in [0.1, 0.15) is 17.3 Å². The van der Waals surface area contributed by atoms with E-state index in [1.54, 1.807) is 49.6 Å². The molecule has 0 spiro atoms. The van der Waals surface area contributed by atoms with Crippen molar-refractivity contribution in [1.82, 2.24) is 0 Å². The van der Waals surface area contributed by atoms with Crippen LogP contribution in [0.4, 0.5) is 11.4 Å². The number of para-hydroxylation sites is 1. The summed E-state index contributed by atoms with van der Waals surface area (Å²) in [6.07, 6.45) is 0. The number of carbonyl (C=O) groups is 2. The third-order valence-electron chi connectivity index (χ3n) is 4.57. The van der Waals surface area contributed by atoms with E-state index < -0.39 is 0 Å². The highest BCUT2D eigenvalue weighted by molar-refractivity contribution is 8.00. The zero-order valence-corrected chi connectivity index (χ0v) is 19.4. The van der Waals surface area contributed by atoms with E-state index >= 15 is 0 Å². The average molecular weight is 471 g/mol. The van der Waals surface area contributed by atoms with Crippen molar-refractivity contribution in [3.05, 3.63) is 77.3 Å². The summed E-state index contributed by atoms with van der Waals surface area (Å²) in [4.78, 5) is 25.9. The number of methoxy groups -OCH3 is 2. The summed E-state index contributed by atoms with van der Waals surface area (Å²) in [6.45, 7) is 1.82. The summed E-state index contributed by atoms with van der Waals surface area (Å²) < 4.78 is 10.4. The number of rotatable bonds is 8. The normalized spacial score (nSPS) is 11.4. The molecule has 32 heavy (non-hydrogen) atoms. The van der Waals surface area contributed by atoms with Crippen molar-refractivity contribution in [2.24, 2.45) is 0 Å². The Hall–Kier alpha value is -3.16. The zero-order valence-electron chi connectivity index (χ0n) is 17.8. The predicted molar refractivity (Wildman–Crippen MR) is 129 cm³/mol. The van der Waals surface area contributed by atoms with Crippen LogP contribution in [-0.4, -0.2) is 31.3 Å². The number of halogens is 1. The Bertz CT molecular complexity index is 1110. The van der Waals surface area contributed by atoms with E-state index in [4.69, 9.17) is 21.1 Å². The highest BCUT2D eigenvalue weighted by Crippen LogP contribution is 2.29. The Balaban J connectivity index is 1.59. The van der Waals surface area contributed by atoms with Crippen LogP contribution in [0, 0.1) is 0 Å². The number of thioether (sulfide) groups is 1. The van der Waals surface area contributed by atoms with Crippen LogP contribution < -0.4 is 20.1 Å². The van der Waals surface area contributed by atoms with Gasteiger partial charge in [0.1, 0.15) is 0 Å². The molecule has 6 nitrogen and oxygen atoms in total. The van der Waals surface area contributed by atoms with E-state index in [1.165, 1.54) is 18.9 Å². The van der Waals surface area contributed by atoms with Gasteiger partial charge >= 0.3 is 0 Å². The summed E-state index contributed by atoms with van der Waals surface area (Å²) in [5.41, 5.74) is 1.67. The van der Waals surface area contributed by atoms with Crippen LogP contribution in [0.3, 0.4) is 0 Å². The van der Waals surface area contributed by atoms with Crippen LogP contribution in [0.15, 0.2) is 71.6 Å². The first kappa shape index (κ1) is 23.5. The molecule has 166 valence electrons. The van der Waals surface area contributed by atoms with Crippen LogP contribution in [0.5, 0.6) is 11.5 Å². The monoisotopic (exact) mass is 470 g/mol. The number of anilines is 2. The summed E-state index contributed by atoms with van der Waals surface area (Å²) in [7, 11) is 3.06. The summed E-state index contributed by atoms with van der Waals surface area (Å²) >= 11 is 7.51. The van der Waals surface area contributed by atoms with Crippen LogP contribution in [-0.2, 0) is 4.79 Å². The molecule has 0 aliphatic rings. The van der Waals surface area contributed by atoms with Gasteiger partial charge in [-0.15, -0.1) is 11.8 Å². The van der Waals surface area contributed by atoms with Gasteiger partial charge in [0.15, 0.2) is 11.5 Å². The molecule has 0 aliphatic heterocycles. The summed E-state index contributed by atoms with van der Waals surface area (Å²) in [6, 6.07) is 19.4. The van der Waals surface area contributed by atoms with Crippen molar-refractivity contribution in [2.45, 2.75) is 17.1 Å². The molecule has 0 fully saturated rings.